The van der Waals surface area contributed by atoms with E-state index in [9.17, 15) is 14.4 Å². The average molecular weight is 1030 g/mol. The highest BCUT2D eigenvalue weighted by molar-refractivity contribution is 5.72. The summed E-state index contributed by atoms with van der Waals surface area (Å²) in [4.78, 5) is 38.0. The Hall–Kier alpha value is -6.01. The number of rotatable bonds is 48. The van der Waals surface area contributed by atoms with Gasteiger partial charge in [-0.2, -0.15) is 0 Å². The summed E-state index contributed by atoms with van der Waals surface area (Å²) in [5, 5.41) is 0. The molecule has 1 atom stereocenters. The minimum atomic E-state index is -0.885. The molecule has 0 saturated carbocycles. The van der Waals surface area contributed by atoms with Crippen molar-refractivity contribution in [2.45, 2.75) is 194 Å². The van der Waals surface area contributed by atoms with Gasteiger partial charge in [-0.25, -0.2) is 0 Å². The van der Waals surface area contributed by atoms with Crippen molar-refractivity contribution in [1.29, 1.82) is 0 Å². The standard InChI is InChI=1S/C69H100O6/c1-4-7-10-13-16-19-22-25-27-28-29-30-31-32-33-34-35-36-37-38-39-40-42-44-47-50-53-56-59-62-68(71)74-65-66(64-73-67(70)61-58-55-52-49-46-43-24-21-18-15-12-9-6-3)75-69(72)63-60-57-54-51-48-45-41-26-23-20-17-14-11-8-5-2/h7-12,16-21,25-27,29-30,32-33,35-36,38-39,41-44,46,48,51-52,55,57,60,66H,4-6,13-15,22-24,28,31,34,37,40,45,47,49-50,53-54,56,58-59,61-65H2,1-3H3/b10-7-,11-8-,12-9-,19-16-,20-17-,21-18-,27-25-,30-29-,33-32-,36-35-,39-38-,41-26-,44-42-,46-43-,51-48-,55-52-,60-57-. The fourth-order valence-electron chi connectivity index (χ4n) is 6.66. The smallest absolute Gasteiger partial charge is 0.310 e. The molecule has 0 bridgehead atoms. The number of allylic oxidation sites excluding steroid dienone is 33. The molecule has 412 valence electrons. The third kappa shape index (κ3) is 58.7. The number of carbonyl (C=O) groups excluding carboxylic acids is 3. The van der Waals surface area contributed by atoms with E-state index in [1.54, 1.807) is 6.08 Å². The average Bonchev–Trinajstić information content (AvgIpc) is 3.41. The number of hydrogen-bond acceptors (Lipinski definition) is 6. The predicted molar refractivity (Wildman–Crippen MR) is 324 cm³/mol. The van der Waals surface area contributed by atoms with E-state index < -0.39 is 18.0 Å². The molecule has 1 unspecified atom stereocenters. The van der Waals surface area contributed by atoms with Crippen molar-refractivity contribution in [3.8, 4) is 0 Å². The molecule has 75 heavy (non-hydrogen) atoms. The van der Waals surface area contributed by atoms with Crippen LogP contribution in [0.2, 0.25) is 0 Å². The Morgan fingerprint density at radius 2 is 0.547 bits per heavy atom. The molecule has 0 rings (SSSR count). The Morgan fingerprint density at radius 3 is 0.880 bits per heavy atom. The van der Waals surface area contributed by atoms with Gasteiger partial charge in [0, 0.05) is 12.8 Å². The van der Waals surface area contributed by atoms with Crippen LogP contribution in [0.25, 0.3) is 0 Å². The van der Waals surface area contributed by atoms with Crippen molar-refractivity contribution in [1.82, 2.24) is 0 Å². The van der Waals surface area contributed by atoms with Gasteiger partial charge in [-0.3, -0.25) is 14.4 Å². The summed E-state index contributed by atoms with van der Waals surface area (Å²) in [6.45, 7) is 6.08. The van der Waals surface area contributed by atoms with Crippen LogP contribution in [-0.2, 0) is 28.6 Å². The SMILES string of the molecule is CC/C=C\C/C=C\C/C=C\C/C=C\C/C=C\C/C=C\C/C=C\C/C=C\CCCCCCC(=O)OCC(COC(=O)CC/C=C\C/C=C\C/C=C\C/C=C\CC)OC(=O)C/C=C\C/C=C\C/C=C\C/C=C\C/C=C\CC. The summed E-state index contributed by atoms with van der Waals surface area (Å²) in [5.74, 6) is -1.22. The fraction of sp³-hybridized carbons (Fsp3) is 0.464. The maximum Gasteiger partial charge on any atom is 0.310 e. The molecule has 0 aliphatic rings. The van der Waals surface area contributed by atoms with E-state index in [4.69, 9.17) is 14.2 Å². The van der Waals surface area contributed by atoms with Crippen molar-refractivity contribution in [3.05, 3.63) is 207 Å². The molecule has 0 N–H and O–H groups in total. The van der Waals surface area contributed by atoms with E-state index in [2.05, 4.69) is 203 Å². The van der Waals surface area contributed by atoms with Crippen LogP contribution < -0.4 is 0 Å². The van der Waals surface area contributed by atoms with Crippen LogP contribution in [0.1, 0.15) is 188 Å². The minimum absolute atomic E-state index is 0.0642. The number of hydrogen-bond donors (Lipinski definition) is 0. The van der Waals surface area contributed by atoms with E-state index in [1.807, 2.05) is 18.2 Å². The second-order valence-electron chi connectivity index (χ2n) is 17.7. The Labute approximate surface area is 458 Å². The first-order valence-corrected chi connectivity index (χ1v) is 28.6. The van der Waals surface area contributed by atoms with Crippen LogP contribution in [-0.4, -0.2) is 37.2 Å². The Bertz CT molecular complexity index is 1900. The number of carbonyl (C=O) groups is 3. The van der Waals surface area contributed by atoms with Gasteiger partial charge in [0.15, 0.2) is 6.10 Å². The molecule has 0 spiro atoms. The molecular formula is C69H100O6. The van der Waals surface area contributed by atoms with Gasteiger partial charge in [0.2, 0.25) is 0 Å². The van der Waals surface area contributed by atoms with Crippen LogP contribution in [0.3, 0.4) is 0 Å². The Kier molecular flexibility index (Phi) is 55.7. The number of unbranched alkanes of at least 4 members (excludes halogenated alkanes) is 4. The Balaban J connectivity index is 4.54. The molecule has 0 amide bonds. The summed E-state index contributed by atoms with van der Waals surface area (Å²) < 4.78 is 16.6. The summed E-state index contributed by atoms with van der Waals surface area (Å²) in [7, 11) is 0. The van der Waals surface area contributed by atoms with E-state index in [0.717, 1.165) is 135 Å². The molecule has 0 heterocycles. The molecule has 0 saturated heterocycles. The highest BCUT2D eigenvalue weighted by atomic mass is 16.6. The van der Waals surface area contributed by atoms with Crippen LogP contribution in [0.15, 0.2) is 207 Å². The number of ether oxygens (including phenoxy) is 3. The largest absolute Gasteiger partial charge is 0.462 e. The lowest BCUT2D eigenvalue weighted by Crippen LogP contribution is -2.30. The lowest BCUT2D eigenvalue weighted by molar-refractivity contribution is -0.166. The van der Waals surface area contributed by atoms with Crippen molar-refractivity contribution in [3.63, 3.8) is 0 Å². The third-order valence-corrected chi connectivity index (χ3v) is 10.8. The topological polar surface area (TPSA) is 78.9 Å². The fourth-order valence-corrected chi connectivity index (χ4v) is 6.66. The van der Waals surface area contributed by atoms with Gasteiger partial charge >= 0.3 is 17.9 Å². The van der Waals surface area contributed by atoms with E-state index in [-0.39, 0.29) is 38.4 Å². The maximum absolute atomic E-state index is 12.8. The quantitative estimate of drug-likeness (QED) is 0.0261. The Morgan fingerprint density at radius 1 is 0.280 bits per heavy atom. The van der Waals surface area contributed by atoms with Crippen LogP contribution in [0.5, 0.6) is 0 Å². The molecule has 0 fully saturated rings. The third-order valence-electron chi connectivity index (χ3n) is 10.8. The maximum atomic E-state index is 12.8. The van der Waals surface area contributed by atoms with E-state index in [0.29, 0.717) is 12.8 Å². The molecule has 0 aliphatic heterocycles. The van der Waals surface area contributed by atoms with Crippen LogP contribution in [0.4, 0.5) is 0 Å². The minimum Gasteiger partial charge on any atom is -0.462 e. The van der Waals surface area contributed by atoms with Gasteiger partial charge in [-0.15, -0.1) is 0 Å². The molecule has 0 aromatic carbocycles. The molecular weight excluding hydrogens is 925 g/mol. The highest BCUT2D eigenvalue weighted by Gasteiger charge is 2.19. The summed E-state index contributed by atoms with van der Waals surface area (Å²) in [6, 6.07) is 0. The zero-order valence-electron chi connectivity index (χ0n) is 47.0. The molecule has 6 heteroatoms. The van der Waals surface area contributed by atoms with Gasteiger partial charge in [-0.05, 0) is 135 Å². The van der Waals surface area contributed by atoms with Crippen molar-refractivity contribution in [2.75, 3.05) is 13.2 Å². The van der Waals surface area contributed by atoms with Crippen molar-refractivity contribution >= 4 is 17.9 Å². The zero-order chi connectivity index (χ0) is 54.3. The molecule has 0 aromatic heterocycles. The molecule has 6 nitrogen and oxygen atoms in total. The zero-order valence-corrected chi connectivity index (χ0v) is 47.0. The summed E-state index contributed by atoms with van der Waals surface area (Å²) in [6.07, 6.45) is 94.4. The normalized spacial score (nSPS) is 13.7. The lowest BCUT2D eigenvalue weighted by Gasteiger charge is -2.18. The van der Waals surface area contributed by atoms with Gasteiger partial charge in [0.25, 0.3) is 0 Å². The first-order valence-electron chi connectivity index (χ1n) is 28.6. The predicted octanol–water partition coefficient (Wildman–Crippen LogP) is 19.6. The highest BCUT2D eigenvalue weighted by Crippen LogP contribution is 2.10. The van der Waals surface area contributed by atoms with Gasteiger partial charge < -0.3 is 14.2 Å². The molecule has 0 aliphatic carbocycles. The lowest BCUT2D eigenvalue weighted by atomic mass is 10.1. The first-order chi connectivity index (χ1) is 37.0. The van der Waals surface area contributed by atoms with Crippen LogP contribution in [0, 0.1) is 0 Å². The number of esters is 3. The second kappa shape index (κ2) is 60.5. The van der Waals surface area contributed by atoms with Gasteiger partial charge in [0.1, 0.15) is 13.2 Å². The van der Waals surface area contributed by atoms with E-state index >= 15 is 0 Å². The summed E-state index contributed by atoms with van der Waals surface area (Å²) >= 11 is 0. The van der Waals surface area contributed by atoms with Gasteiger partial charge in [0.05, 0.1) is 6.42 Å². The van der Waals surface area contributed by atoms with Gasteiger partial charge in [-0.1, -0.05) is 240 Å². The molecule has 0 aromatic rings. The monoisotopic (exact) mass is 1020 g/mol. The second-order valence-corrected chi connectivity index (χ2v) is 17.7. The van der Waals surface area contributed by atoms with Crippen molar-refractivity contribution < 1.29 is 28.6 Å². The van der Waals surface area contributed by atoms with Crippen LogP contribution >= 0.6 is 0 Å². The summed E-state index contributed by atoms with van der Waals surface area (Å²) in [5.41, 5.74) is 0. The molecule has 0 radical (unpaired) electrons. The van der Waals surface area contributed by atoms with E-state index in [1.165, 1.54) is 0 Å². The first kappa shape index (κ1) is 69.0. The van der Waals surface area contributed by atoms with Crippen molar-refractivity contribution in [2.24, 2.45) is 0 Å².